The molecule has 0 fully saturated rings. The van der Waals surface area contributed by atoms with E-state index in [-0.39, 0.29) is 35.8 Å². The average Bonchev–Trinajstić information content (AvgIpc) is 2.65. The molecule has 1 atom stereocenters. The van der Waals surface area contributed by atoms with E-state index in [1.165, 1.54) is 11.1 Å². The first kappa shape index (κ1) is 21.1. The van der Waals surface area contributed by atoms with E-state index >= 15 is 0 Å². The van der Waals surface area contributed by atoms with Gasteiger partial charge in [-0.3, -0.25) is 14.8 Å². The minimum absolute atomic E-state index is 0. The number of hydrogen-bond donors (Lipinski definition) is 3. The zero-order valence-electron chi connectivity index (χ0n) is 15.7. The second-order valence-corrected chi connectivity index (χ2v) is 6.47. The normalized spacial score (nSPS) is 16.0. The number of aromatic nitrogens is 1. The van der Waals surface area contributed by atoms with E-state index in [1.54, 1.807) is 7.05 Å². The highest BCUT2D eigenvalue weighted by Gasteiger charge is 2.24. The van der Waals surface area contributed by atoms with Gasteiger partial charge in [0.25, 0.3) is 0 Å². The van der Waals surface area contributed by atoms with E-state index in [9.17, 15) is 4.79 Å². The largest absolute Gasteiger partial charge is 0.356 e. The van der Waals surface area contributed by atoms with Crippen molar-refractivity contribution in [2.45, 2.75) is 25.7 Å². The lowest BCUT2D eigenvalue weighted by atomic mass is 9.90. The van der Waals surface area contributed by atoms with Crippen molar-refractivity contribution in [2.24, 2.45) is 4.99 Å². The van der Waals surface area contributed by atoms with E-state index in [0.29, 0.717) is 13.0 Å². The van der Waals surface area contributed by atoms with Crippen LogP contribution in [0.25, 0.3) is 0 Å². The second-order valence-electron chi connectivity index (χ2n) is 6.47. The number of aryl methyl sites for hydroxylation is 1. The third-order valence-corrected chi connectivity index (χ3v) is 4.52. The monoisotopic (exact) mass is 479 g/mol. The Hall–Kier alpha value is -2.16. The first-order chi connectivity index (χ1) is 12.7. The zero-order chi connectivity index (χ0) is 18.4. The molecule has 6 nitrogen and oxygen atoms in total. The molecule has 3 N–H and O–H groups in total. The average molecular weight is 479 g/mol. The number of rotatable bonds is 5. The van der Waals surface area contributed by atoms with Gasteiger partial charge < -0.3 is 16.0 Å². The number of aliphatic imine (C=N–C) groups is 1. The molecule has 0 radical (unpaired) electrons. The maximum atomic E-state index is 11.9. The number of benzene rings is 1. The quantitative estimate of drug-likeness (QED) is 0.350. The first-order valence-corrected chi connectivity index (χ1v) is 8.90. The second kappa shape index (κ2) is 10.2. The van der Waals surface area contributed by atoms with Crippen LogP contribution in [0.5, 0.6) is 0 Å². The number of carbonyl (C=O) groups excluding carboxylic acids is 1. The Morgan fingerprint density at radius 2 is 2.07 bits per heavy atom. The molecule has 3 rings (SSSR count). The van der Waals surface area contributed by atoms with Crippen molar-refractivity contribution in [2.75, 3.05) is 25.5 Å². The molecule has 0 saturated heterocycles. The lowest BCUT2D eigenvalue weighted by molar-refractivity contribution is -0.116. The number of fused-ring (bicyclic) bond motifs is 1. The molecular weight excluding hydrogens is 453 g/mol. The molecule has 7 heteroatoms. The molecule has 0 spiro atoms. The molecule has 2 aromatic rings. The van der Waals surface area contributed by atoms with Gasteiger partial charge in [0.15, 0.2) is 5.96 Å². The summed E-state index contributed by atoms with van der Waals surface area (Å²) in [7, 11) is 1.75. The van der Waals surface area contributed by atoms with Gasteiger partial charge >= 0.3 is 0 Å². The number of guanidine groups is 1. The molecule has 1 aromatic heterocycles. The van der Waals surface area contributed by atoms with Gasteiger partial charge in [0.05, 0.1) is 0 Å². The van der Waals surface area contributed by atoms with E-state index in [4.69, 9.17) is 0 Å². The highest BCUT2D eigenvalue weighted by molar-refractivity contribution is 14.0. The van der Waals surface area contributed by atoms with E-state index < -0.39 is 0 Å². The van der Waals surface area contributed by atoms with Gasteiger partial charge in [0.2, 0.25) is 5.91 Å². The number of nitrogens with zero attached hydrogens (tertiary/aromatic N) is 2. The molecule has 0 saturated carbocycles. The number of anilines is 1. The van der Waals surface area contributed by atoms with Gasteiger partial charge in [-0.15, -0.1) is 24.0 Å². The van der Waals surface area contributed by atoms with Crippen molar-refractivity contribution >= 4 is 41.5 Å². The molecule has 1 aliphatic rings. The van der Waals surface area contributed by atoms with Gasteiger partial charge in [-0.05, 0) is 36.6 Å². The predicted octanol–water partition coefficient (Wildman–Crippen LogP) is 2.84. The lowest BCUT2D eigenvalue weighted by Crippen LogP contribution is -2.41. The van der Waals surface area contributed by atoms with Gasteiger partial charge in [-0.1, -0.05) is 24.3 Å². The summed E-state index contributed by atoms with van der Waals surface area (Å²) in [6.45, 7) is 3.42. The van der Waals surface area contributed by atoms with Crippen molar-refractivity contribution < 1.29 is 4.79 Å². The minimum atomic E-state index is 0. The molecule has 27 heavy (non-hydrogen) atoms. The zero-order valence-corrected chi connectivity index (χ0v) is 18.0. The topological polar surface area (TPSA) is 78.4 Å². The third-order valence-electron chi connectivity index (χ3n) is 4.52. The number of amides is 1. The van der Waals surface area contributed by atoms with Crippen LogP contribution in [-0.4, -0.2) is 37.0 Å². The Kier molecular flexibility index (Phi) is 8.02. The summed E-state index contributed by atoms with van der Waals surface area (Å²) in [4.78, 5) is 20.5. The maximum Gasteiger partial charge on any atom is 0.225 e. The Morgan fingerprint density at radius 3 is 2.81 bits per heavy atom. The Labute approximate surface area is 177 Å². The summed E-state index contributed by atoms with van der Waals surface area (Å²) in [5, 5.41) is 9.59. The Morgan fingerprint density at radius 1 is 1.26 bits per heavy atom. The highest BCUT2D eigenvalue weighted by Crippen LogP contribution is 2.31. The molecule has 144 valence electrons. The number of carbonyl (C=O) groups is 1. The van der Waals surface area contributed by atoms with E-state index in [0.717, 1.165) is 30.3 Å². The van der Waals surface area contributed by atoms with Crippen LogP contribution in [-0.2, 0) is 11.2 Å². The fourth-order valence-electron chi connectivity index (χ4n) is 3.10. The molecule has 0 bridgehead atoms. The minimum Gasteiger partial charge on any atom is -0.356 e. The number of nitrogens with one attached hydrogen (secondary N) is 3. The summed E-state index contributed by atoms with van der Waals surface area (Å²) in [6, 6.07) is 12.1. The third kappa shape index (κ3) is 5.92. The smallest absolute Gasteiger partial charge is 0.225 e. The van der Waals surface area contributed by atoms with Crippen molar-refractivity contribution in [1.82, 2.24) is 15.6 Å². The fourth-order valence-corrected chi connectivity index (χ4v) is 3.10. The van der Waals surface area contributed by atoms with Crippen molar-refractivity contribution in [3.63, 3.8) is 0 Å². The Bertz CT molecular complexity index is 791. The van der Waals surface area contributed by atoms with Crippen LogP contribution < -0.4 is 16.0 Å². The fraction of sp³-hybridized carbons (Fsp3) is 0.350. The van der Waals surface area contributed by atoms with Gasteiger partial charge in [0, 0.05) is 50.1 Å². The first-order valence-electron chi connectivity index (χ1n) is 8.90. The van der Waals surface area contributed by atoms with Gasteiger partial charge in [0.1, 0.15) is 0 Å². The van der Waals surface area contributed by atoms with Crippen molar-refractivity contribution in [1.29, 1.82) is 0 Å². The maximum absolute atomic E-state index is 11.9. The van der Waals surface area contributed by atoms with Crippen LogP contribution in [0, 0.1) is 6.92 Å². The van der Waals surface area contributed by atoms with E-state index in [1.807, 2.05) is 37.4 Å². The summed E-state index contributed by atoms with van der Waals surface area (Å²) in [5.41, 5.74) is 4.29. The van der Waals surface area contributed by atoms with Crippen LogP contribution in [0.3, 0.4) is 0 Å². The van der Waals surface area contributed by atoms with E-state index in [2.05, 4.69) is 38.1 Å². The number of hydrogen-bond acceptors (Lipinski definition) is 3. The summed E-state index contributed by atoms with van der Waals surface area (Å²) in [6.07, 6.45) is 3.27. The molecule has 2 heterocycles. The van der Waals surface area contributed by atoms with Crippen LogP contribution in [0.1, 0.15) is 29.2 Å². The molecule has 1 aliphatic heterocycles. The van der Waals surface area contributed by atoms with Crippen LogP contribution in [0.15, 0.2) is 47.6 Å². The number of para-hydroxylation sites is 1. The van der Waals surface area contributed by atoms with Crippen LogP contribution in [0.2, 0.25) is 0 Å². The number of halogens is 1. The number of pyridine rings is 1. The summed E-state index contributed by atoms with van der Waals surface area (Å²) >= 11 is 0. The molecule has 1 aromatic carbocycles. The van der Waals surface area contributed by atoms with Crippen molar-refractivity contribution in [3.8, 4) is 0 Å². The Balaban J connectivity index is 0.00000261. The standard InChI is InChI=1S/C20H25N5O.HI/c1-14-7-8-15(12-23-14)9-10-22-20(21-2)24-13-16-11-19(26)25-18-6-4-3-5-17(16)18;/h3-8,12,16H,9-11,13H2,1-2H3,(H,25,26)(H2,21,22,24);1H. The molecule has 1 amide bonds. The van der Waals surface area contributed by atoms with Crippen LogP contribution in [0.4, 0.5) is 5.69 Å². The summed E-state index contributed by atoms with van der Waals surface area (Å²) in [5.74, 6) is 0.943. The SMILES string of the molecule is CN=C(NCCc1ccc(C)nc1)NCC1CC(=O)Nc2ccccc21.I. The highest BCUT2D eigenvalue weighted by atomic mass is 127. The predicted molar refractivity (Wildman–Crippen MR) is 120 cm³/mol. The summed E-state index contributed by atoms with van der Waals surface area (Å²) < 4.78 is 0. The van der Waals surface area contributed by atoms with Gasteiger partial charge in [-0.25, -0.2) is 0 Å². The molecular formula is C20H26IN5O. The molecule has 1 unspecified atom stereocenters. The lowest BCUT2D eigenvalue weighted by Gasteiger charge is -2.26. The van der Waals surface area contributed by atoms with Gasteiger partial charge in [-0.2, -0.15) is 0 Å². The van der Waals surface area contributed by atoms with Crippen LogP contribution >= 0.6 is 24.0 Å². The molecule has 0 aliphatic carbocycles. The van der Waals surface area contributed by atoms with Crippen molar-refractivity contribution in [3.05, 3.63) is 59.4 Å².